The average molecular weight is 289 g/mol. The van der Waals surface area contributed by atoms with E-state index in [9.17, 15) is 19.8 Å². The van der Waals surface area contributed by atoms with E-state index in [1.165, 1.54) is 18.2 Å². The zero-order valence-electron chi connectivity index (χ0n) is 11.4. The van der Waals surface area contributed by atoms with Crippen molar-refractivity contribution < 1.29 is 24.2 Å². The Kier molecular flexibility index (Phi) is 4.27. The summed E-state index contributed by atoms with van der Waals surface area (Å²) in [6.07, 6.45) is 0.112. The predicted octanol–water partition coefficient (Wildman–Crippen LogP) is 1.72. The molecule has 0 saturated carbocycles. The molecule has 0 spiro atoms. The summed E-state index contributed by atoms with van der Waals surface area (Å²) >= 11 is 0. The van der Waals surface area contributed by atoms with Gasteiger partial charge in [0.1, 0.15) is 17.6 Å². The molecular formula is C15H15NO5. The number of carbonyl (C=O) groups is 2. The summed E-state index contributed by atoms with van der Waals surface area (Å²) in [5, 5.41) is 20.8. The second-order valence-corrected chi connectivity index (χ2v) is 4.65. The molecule has 0 fully saturated rings. The zero-order chi connectivity index (χ0) is 15.4. The quantitative estimate of drug-likeness (QED) is 0.778. The number of aliphatic carboxylic acids is 1. The van der Waals surface area contributed by atoms with Crippen LogP contribution in [0.2, 0.25) is 0 Å². The number of aryl methyl sites for hydroxylation is 1. The van der Waals surface area contributed by atoms with Gasteiger partial charge in [-0.15, -0.1) is 0 Å². The third kappa shape index (κ3) is 3.85. The van der Waals surface area contributed by atoms with Gasteiger partial charge in [-0.05, 0) is 36.8 Å². The molecule has 0 aliphatic carbocycles. The van der Waals surface area contributed by atoms with Gasteiger partial charge >= 0.3 is 5.97 Å². The Morgan fingerprint density at radius 1 is 1.19 bits per heavy atom. The molecule has 1 aromatic carbocycles. The lowest BCUT2D eigenvalue weighted by atomic mass is 10.1. The number of phenolic OH excluding ortho intramolecular Hbond substituents is 1. The first-order valence-corrected chi connectivity index (χ1v) is 6.33. The second-order valence-electron chi connectivity index (χ2n) is 4.65. The summed E-state index contributed by atoms with van der Waals surface area (Å²) in [6, 6.07) is 8.18. The molecule has 6 heteroatoms. The highest BCUT2D eigenvalue weighted by Gasteiger charge is 2.22. The van der Waals surface area contributed by atoms with Gasteiger partial charge in [0.15, 0.2) is 5.76 Å². The fourth-order valence-corrected chi connectivity index (χ4v) is 1.85. The molecule has 1 amide bonds. The fourth-order valence-electron chi connectivity index (χ4n) is 1.85. The van der Waals surface area contributed by atoms with Crippen molar-refractivity contribution in [2.45, 2.75) is 19.4 Å². The Balaban J connectivity index is 2.07. The highest BCUT2D eigenvalue weighted by Crippen LogP contribution is 2.12. The smallest absolute Gasteiger partial charge is 0.326 e. The molecule has 1 heterocycles. The number of carboxylic acids is 1. The first-order chi connectivity index (χ1) is 9.95. The Hall–Kier alpha value is -2.76. The van der Waals surface area contributed by atoms with Gasteiger partial charge in [-0.1, -0.05) is 12.1 Å². The molecule has 2 rings (SSSR count). The second kappa shape index (κ2) is 6.13. The molecule has 6 nitrogen and oxygen atoms in total. The van der Waals surface area contributed by atoms with Gasteiger partial charge in [0.2, 0.25) is 0 Å². The normalized spacial score (nSPS) is 11.9. The maximum absolute atomic E-state index is 11.9. The minimum atomic E-state index is -1.14. The first kappa shape index (κ1) is 14.6. The molecule has 0 aliphatic rings. The van der Waals surface area contributed by atoms with Crippen LogP contribution in [-0.2, 0) is 11.2 Å². The van der Waals surface area contributed by atoms with Crippen molar-refractivity contribution in [2.75, 3.05) is 0 Å². The standard InChI is InChI=1S/C15H15NO5/c1-9-2-7-13(21-9)14(18)16-12(15(19)20)8-10-3-5-11(17)6-4-10/h2-7,12,17H,8H2,1H3,(H,16,18)(H,19,20). The van der Waals surface area contributed by atoms with E-state index in [4.69, 9.17) is 4.42 Å². The van der Waals surface area contributed by atoms with E-state index < -0.39 is 17.9 Å². The summed E-state index contributed by atoms with van der Waals surface area (Å²) in [5.74, 6) is -0.968. The number of rotatable bonds is 5. The van der Waals surface area contributed by atoms with Crippen molar-refractivity contribution >= 4 is 11.9 Å². The number of aromatic hydroxyl groups is 1. The van der Waals surface area contributed by atoms with Gasteiger partial charge in [-0.3, -0.25) is 4.79 Å². The molecule has 0 saturated heterocycles. The summed E-state index contributed by atoms with van der Waals surface area (Å²) in [7, 11) is 0. The van der Waals surface area contributed by atoms with Crippen molar-refractivity contribution in [3.05, 3.63) is 53.5 Å². The summed E-state index contributed by atoms with van der Waals surface area (Å²) < 4.78 is 5.15. The third-order valence-electron chi connectivity index (χ3n) is 2.94. The Bertz CT molecular complexity index is 644. The van der Waals surface area contributed by atoms with Crippen molar-refractivity contribution in [3.8, 4) is 5.75 Å². The fraction of sp³-hybridized carbons (Fsp3) is 0.200. The van der Waals surface area contributed by atoms with Gasteiger partial charge in [0.25, 0.3) is 5.91 Å². The van der Waals surface area contributed by atoms with Gasteiger partial charge < -0.3 is 19.9 Å². The molecule has 1 aromatic heterocycles. The van der Waals surface area contributed by atoms with Gasteiger partial charge in [0, 0.05) is 6.42 Å². The molecule has 1 atom stereocenters. The van der Waals surface area contributed by atoms with E-state index in [0.29, 0.717) is 11.3 Å². The number of hydrogen-bond acceptors (Lipinski definition) is 4. The van der Waals surface area contributed by atoms with Crippen LogP contribution in [0.5, 0.6) is 5.75 Å². The molecule has 0 aliphatic heterocycles. The molecule has 3 N–H and O–H groups in total. The molecule has 110 valence electrons. The Morgan fingerprint density at radius 3 is 2.38 bits per heavy atom. The Morgan fingerprint density at radius 2 is 1.86 bits per heavy atom. The molecule has 1 unspecified atom stereocenters. The van der Waals surface area contributed by atoms with E-state index in [1.54, 1.807) is 25.1 Å². The van der Waals surface area contributed by atoms with Crippen LogP contribution in [0.3, 0.4) is 0 Å². The van der Waals surface area contributed by atoms with Crippen molar-refractivity contribution in [1.82, 2.24) is 5.32 Å². The monoisotopic (exact) mass is 289 g/mol. The van der Waals surface area contributed by atoms with Crippen LogP contribution < -0.4 is 5.32 Å². The largest absolute Gasteiger partial charge is 0.508 e. The van der Waals surface area contributed by atoms with E-state index >= 15 is 0 Å². The molecular weight excluding hydrogens is 274 g/mol. The van der Waals surface area contributed by atoms with Crippen LogP contribution in [-0.4, -0.2) is 28.1 Å². The number of amides is 1. The lowest BCUT2D eigenvalue weighted by Crippen LogP contribution is -2.42. The van der Waals surface area contributed by atoms with E-state index in [0.717, 1.165) is 0 Å². The highest BCUT2D eigenvalue weighted by atomic mass is 16.4. The predicted molar refractivity (Wildman–Crippen MR) is 74.1 cm³/mol. The minimum Gasteiger partial charge on any atom is -0.508 e. The number of furan rings is 1. The number of phenols is 1. The Labute approximate surface area is 121 Å². The SMILES string of the molecule is Cc1ccc(C(=O)NC(Cc2ccc(O)cc2)C(=O)O)o1. The van der Waals surface area contributed by atoms with Crippen LogP contribution in [0.4, 0.5) is 0 Å². The maximum atomic E-state index is 11.9. The summed E-state index contributed by atoms with van der Waals surface area (Å²) in [5.41, 5.74) is 0.691. The van der Waals surface area contributed by atoms with Crippen LogP contribution in [0, 0.1) is 6.92 Å². The number of benzene rings is 1. The van der Waals surface area contributed by atoms with Crippen molar-refractivity contribution in [1.29, 1.82) is 0 Å². The average Bonchev–Trinajstić information content (AvgIpc) is 2.87. The number of nitrogens with one attached hydrogen (secondary N) is 1. The molecule has 0 radical (unpaired) electrons. The van der Waals surface area contributed by atoms with E-state index in [1.807, 2.05) is 0 Å². The third-order valence-corrected chi connectivity index (χ3v) is 2.94. The minimum absolute atomic E-state index is 0.0736. The van der Waals surface area contributed by atoms with Gasteiger partial charge in [-0.25, -0.2) is 4.79 Å². The van der Waals surface area contributed by atoms with Crippen molar-refractivity contribution in [3.63, 3.8) is 0 Å². The molecule has 2 aromatic rings. The van der Waals surface area contributed by atoms with E-state index in [-0.39, 0.29) is 17.9 Å². The number of carboxylic acid groups (broad SMARTS) is 1. The molecule has 21 heavy (non-hydrogen) atoms. The lowest BCUT2D eigenvalue weighted by molar-refractivity contribution is -0.139. The number of carbonyl (C=O) groups excluding carboxylic acids is 1. The van der Waals surface area contributed by atoms with E-state index in [2.05, 4.69) is 5.32 Å². The zero-order valence-corrected chi connectivity index (χ0v) is 11.4. The highest BCUT2D eigenvalue weighted by molar-refractivity contribution is 5.94. The van der Waals surface area contributed by atoms with Gasteiger partial charge in [0.05, 0.1) is 0 Å². The lowest BCUT2D eigenvalue weighted by Gasteiger charge is -2.13. The van der Waals surface area contributed by atoms with Crippen LogP contribution in [0.15, 0.2) is 40.8 Å². The van der Waals surface area contributed by atoms with Crippen LogP contribution in [0.25, 0.3) is 0 Å². The maximum Gasteiger partial charge on any atom is 0.326 e. The van der Waals surface area contributed by atoms with Crippen LogP contribution >= 0.6 is 0 Å². The van der Waals surface area contributed by atoms with Crippen molar-refractivity contribution in [2.24, 2.45) is 0 Å². The molecule has 0 bridgehead atoms. The topological polar surface area (TPSA) is 99.8 Å². The summed E-state index contributed by atoms with van der Waals surface area (Å²) in [4.78, 5) is 23.2. The summed E-state index contributed by atoms with van der Waals surface area (Å²) in [6.45, 7) is 1.70. The first-order valence-electron chi connectivity index (χ1n) is 6.33. The number of hydrogen-bond donors (Lipinski definition) is 3. The van der Waals surface area contributed by atoms with Gasteiger partial charge in [-0.2, -0.15) is 0 Å². The van der Waals surface area contributed by atoms with Crippen LogP contribution in [0.1, 0.15) is 21.9 Å².